The standard InChI is InChI=1S/C17H31N5O2S/c1-3-5-13-22(14-6-4-2)25(23,24)20-16-9-7-12-21(15-16)17-18-10-8-11-19-17/h8,10-11,16,20H,3-7,9,12-15H2,1-2H3. The van der Waals surface area contributed by atoms with E-state index in [4.69, 9.17) is 0 Å². The highest BCUT2D eigenvalue weighted by molar-refractivity contribution is 7.87. The van der Waals surface area contributed by atoms with Gasteiger partial charge in [0.15, 0.2) is 0 Å². The minimum absolute atomic E-state index is 0.103. The van der Waals surface area contributed by atoms with E-state index >= 15 is 0 Å². The van der Waals surface area contributed by atoms with Gasteiger partial charge in [0.25, 0.3) is 10.2 Å². The summed E-state index contributed by atoms with van der Waals surface area (Å²) < 4.78 is 30.2. The molecule has 1 aromatic rings. The Morgan fingerprint density at radius 1 is 1.20 bits per heavy atom. The predicted molar refractivity (Wildman–Crippen MR) is 101 cm³/mol. The van der Waals surface area contributed by atoms with Gasteiger partial charge < -0.3 is 4.90 Å². The molecule has 1 atom stereocenters. The average molecular weight is 370 g/mol. The summed E-state index contributed by atoms with van der Waals surface area (Å²) in [6, 6.07) is 1.68. The molecule has 2 heterocycles. The molecule has 2 rings (SSSR count). The molecule has 1 aliphatic rings. The van der Waals surface area contributed by atoms with Gasteiger partial charge in [-0.3, -0.25) is 0 Å². The maximum absolute atomic E-state index is 12.8. The fraction of sp³-hybridized carbons (Fsp3) is 0.765. The van der Waals surface area contributed by atoms with Crippen LogP contribution in [0.1, 0.15) is 52.4 Å². The number of nitrogens with zero attached hydrogens (tertiary/aromatic N) is 4. The molecule has 1 N–H and O–H groups in total. The van der Waals surface area contributed by atoms with Crippen molar-refractivity contribution in [2.24, 2.45) is 0 Å². The molecule has 0 aromatic carbocycles. The lowest BCUT2D eigenvalue weighted by atomic mass is 10.1. The van der Waals surface area contributed by atoms with Crippen LogP contribution < -0.4 is 9.62 Å². The number of piperidine rings is 1. The van der Waals surface area contributed by atoms with Gasteiger partial charge in [0, 0.05) is 44.6 Å². The van der Waals surface area contributed by atoms with E-state index in [1.54, 1.807) is 22.8 Å². The Balaban J connectivity index is 1.99. The maximum atomic E-state index is 12.8. The van der Waals surface area contributed by atoms with Crippen LogP contribution in [0.25, 0.3) is 0 Å². The monoisotopic (exact) mass is 369 g/mol. The topological polar surface area (TPSA) is 78.4 Å². The summed E-state index contributed by atoms with van der Waals surface area (Å²) in [6.45, 7) is 6.80. The molecule has 1 saturated heterocycles. The number of rotatable bonds is 10. The largest absolute Gasteiger partial charge is 0.339 e. The van der Waals surface area contributed by atoms with Gasteiger partial charge in [-0.05, 0) is 31.7 Å². The van der Waals surface area contributed by atoms with E-state index in [0.29, 0.717) is 25.6 Å². The summed E-state index contributed by atoms with van der Waals surface area (Å²) >= 11 is 0. The fourth-order valence-corrected chi connectivity index (χ4v) is 4.52. The van der Waals surface area contributed by atoms with Crippen molar-refractivity contribution < 1.29 is 8.42 Å². The number of hydrogen-bond donors (Lipinski definition) is 1. The molecule has 8 heteroatoms. The third kappa shape index (κ3) is 6.20. The van der Waals surface area contributed by atoms with Gasteiger partial charge in [0.05, 0.1) is 0 Å². The number of hydrogen-bond acceptors (Lipinski definition) is 5. The molecule has 0 amide bonds. The highest BCUT2D eigenvalue weighted by atomic mass is 32.2. The Morgan fingerprint density at radius 2 is 1.84 bits per heavy atom. The van der Waals surface area contributed by atoms with Crippen LogP contribution in [0.5, 0.6) is 0 Å². The van der Waals surface area contributed by atoms with Gasteiger partial charge in [-0.2, -0.15) is 17.4 Å². The summed E-state index contributed by atoms with van der Waals surface area (Å²) in [6.07, 6.45) is 8.95. The molecule has 0 spiro atoms. The van der Waals surface area contributed by atoms with E-state index in [9.17, 15) is 8.42 Å². The summed E-state index contributed by atoms with van der Waals surface area (Å²) in [7, 11) is -3.46. The number of nitrogens with one attached hydrogen (secondary N) is 1. The number of unbranched alkanes of at least 4 members (excludes halogenated alkanes) is 2. The molecule has 1 aromatic heterocycles. The molecular weight excluding hydrogens is 338 g/mol. The zero-order valence-corrected chi connectivity index (χ0v) is 16.2. The van der Waals surface area contributed by atoms with Gasteiger partial charge in [0.2, 0.25) is 5.95 Å². The molecule has 0 radical (unpaired) electrons. The maximum Gasteiger partial charge on any atom is 0.279 e. The Bertz CT molecular complexity index is 588. The van der Waals surface area contributed by atoms with Crippen molar-refractivity contribution in [2.75, 3.05) is 31.1 Å². The number of aromatic nitrogens is 2. The van der Waals surface area contributed by atoms with Crippen LogP contribution in [-0.4, -0.2) is 54.9 Å². The Labute approximate surface area is 152 Å². The molecule has 1 fully saturated rings. The second-order valence-corrected chi connectivity index (χ2v) is 8.27. The Kier molecular flexibility index (Phi) is 8.05. The highest BCUT2D eigenvalue weighted by Crippen LogP contribution is 2.17. The quantitative estimate of drug-likeness (QED) is 0.684. The van der Waals surface area contributed by atoms with Gasteiger partial charge in [0.1, 0.15) is 0 Å². The molecule has 1 aliphatic heterocycles. The second kappa shape index (κ2) is 10.0. The molecule has 0 aliphatic carbocycles. The van der Waals surface area contributed by atoms with E-state index in [1.165, 1.54) is 0 Å². The Hall–Kier alpha value is -1.25. The first kappa shape index (κ1) is 20.1. The van der Waals surface area contributed by atoms with Crippen molar-refractivity contribution in [2.45, 2.75) is 58.4 Å². The number of anilines is 1. The van der Waals surface area contributed by atoms with E-state index in [2.05, 4.69) is 33.4 Å². The van der Waals surface area contributed by atoms with Crippen LogP contribution in [0, 0.1) is 0 Å². The minimum Gasteiger partial charge on any atom is -0.339 e. The van der Waals surface area contributed by atoms with Crippen LogP contribution in [0.15, 0.2) is 18.5 Å². The van der Waals surface area contributed by atoms with Crippen molar-refractivity contribution in [1.29, 1.82) is 0 Å². The average Bonchev–Trinajstić information content (AvgIpc) is 2.62. The summed E-state index contributed by atoms with van der Waals surface area (Å²) in [5, 5.41) is 0. The normalized spacial score (nSPS) is 18.7. The minimum atomic E-state index is -3.46. The van der Waals surface area contributed by atoms with Gasteiger partial charge in [-0.15, -0.1) is 0 Å². The lowest BCUT2D eigenvalue weighted by Gasteiger charge is -2.34. The van der Waals surface area contributed by atoms with Crippen molar-refractivity contribution >= 4 is 16.2 Å². The van der Waals surface area contributed by atoms with Crippen LogP contribution in [-0.2, 0) is 10.2 Å². The Morgan fingerprint density at radius 3 is 2.44 bits per heavy atom. The SMILES string of the molecule is CCCCN(CCCC)S(=O)(=O)NC1CCCN(c2ncccn2)C1. The smallest absolute Gasteiger partial charge is 0.279 e. The van der Waals surface area contributed by atoms with Crippen LogP contribution in [0.3, 0.4) is 0 Å². The lowest BCUT2D eigenvalue weighted by Crippen LogP contribution is -2.52. The van der Waals surface area contributed by atoms with E-state index in [1.807, 2.05) is 0 Å². The molecule has 25 heavy (non-hydrogen) atoms. The van der Waals surface area contributed by atoms with Crippen LogP contribution >= 0.6 is 0 Å². The van der Waals surface area contributed by atoms with Crippen molar-refractivity contribution in [1.82, 2.24) is 19.0 Å². The first-order chi connectivity index (χ1) is 12.1. The van der Waals surface area contributed by atoms with Gasteiger partial charge in [-0.25, -0.2) is 9.97 Å². The van der Waals surface area contributed by atoms with E-state index < -0.39 is 10.2 Å². The molecule has 0 bridgehead atoms. The second-order valence-electron chi connectivity index (χ2n) is 6.56. The van der Waals surface area contributed by atoms with E-state index in [-0.39, 0.29) is 6.04 Å². The molecule has 0 saturated carbocycles. The third-order valence-electron chi connectivity index (χ3n) is 4.43. The van der Waals surface area contributed by atoms with Crippen molar-refractivity contribution in [3.8, 4) is 0 Å². The molecule has 7 nitrogen and oxygen atoms in total. The summed E-state index contributed by atoms with van der Waals surface area (Å²) in [5.41, 5.74) is 0. The molecule has 1 unspecified atom stereocenters. The van der Waals surface area contributed by atoms with Gasteiger partial charge >= 0.3 is 0 Å². The van der Waals surface area contributed by atoms with E-state index in [0.717, 1.165) is 45.1 Å². The first-order valence-corrected chi connectivity index (χ1v) is 10.8. The highest BCUT2D eigenvalue weighted by Gasteiger charge is 2.28. The first-order valence-electron chi connectivity index (χ1n) is 9.36. The fourth-order valence-electron chi connectivity index (χ4n) is 3.02. The summed E-state index contributed by atoms with van der Waals surface area (Å²) in [4.78, 5) is 10.6. The van der Waals surface area contributed by atoms with Crippen LogP contribution in [0.2, 0.25) is 0 Å². The molecule has 142 valence electrons. The van der Waals surface area contributed by atoms with Gasteiger partial charge in [-0.1, -0.05) is 26.7 Å². The predicted octanol–water partition coefficient (Wildman–Crippen LogP) is 2.18. The summed E-state index contributed by atoms with van der Waals surface area (Å²) in [5.74, 6) is 0.667. The zero-order valence-electron chi connectivity index (χ0n) is 15.4. The van der Waals surface area contributed by atoms with Crippen molar-refractivity contribution in [3.63, 3.8) is 0 Å². The lowest BCUT2D eigenvalue weighted by molar-refractivity contribution is 0.374. The molecular formula is C17H31N5O2S. The third-order valence-corrected chi connectivity index (χ3v) is 6.11. The zero-order chi connectivity index (χ0) is 18.1. The van der Waals surface area contributed by atoms with Crippen LogP contribution in [0.4, 0.5) is 5.95 Å². The van der Waals surface area contributed by atoms with Crippen molar-refractivity contribution in [3.05, 3.63) is 18.5 Å².